The van der Waals surface area contributed by atoms with Gasteiger partial charge in [0.2, 0.25) is 0 Å². The smallest absolute Gasteiger partial charge is 0.790 e. The first-order valence-electron chi connectivity index (χ1n) is 2.13. The van der Waals surface area contributed by atoms with Gasteiger partial charge in [0, 0.05) is 0 Å². The Morgan fingerprint density at radius 2 is 1.06 bits per heavy atom. The molecule has 0 atom stereocenters. The molecule has 0 unspecified atom stereocenters. The first-order chi connectivity index (χ1) is 5.12. The van der Waals surface area contributed by atoms with Crippen molar-refractivity contribution >= 4 is 15.6 Å². The Morgan fingerprint density at radius 1 is 0.938 bits per heavy atom. The molecule has 0 rings (SSSR count). The Bertz CT molecular complexity index is 202. The van der Waals surface area contributed by atoms with Crippen molar-refractivity contribution in [3.63, 3.8) is 0 Å². The molecule has 0 spiro atoms. The van der Waals surface area contributed by atoms with E-state index in [1.54, 1.807) is 0 Å². The second kappa shape index (κ2) is 21.3. The van der Waals surface area contributed by atoms with E-state index in [2.05, 4.69) is 10.9 Å². The maximum atomic E-state index is 9.32. The molecular formula is C2H4K4O8P2. The van der Waals surface area contributed by atoms with Gasteiger partial charge in [-0.2, -0.15) is 0 Å². The minimum absolute atomic E-state index is 0. The molecule has 16 heavy (non-hydrogen) atoms. The summed E-state index contributed by atoms with van der Waals surface area (Å²) in [5, 5.41) is 7.33. The predicted octanol–water partition coefficient (Wildman–Crippen LogP) is -14.6. The van der Waals surface area contributed by atoms with E-state index in [-0.39, 0.29) is 206 Å². The maximum Gasteiger partial charge on any atom is 1.00 e. The van der Waals surface area contributed by atoms with Crippen molar-refractivity contribution in [2.75, 3.05) is 0 Å². The van der Waals surface area contributed by atoms with E-state index in [0.29, 0.717) is 0 Å². The zero-order chi connectivity index (χ0) is 10.4. The van der Waals surface area contributed by atoms with Gasteiger partial charge in [-0.25, -0.2) is 0 Å². The first-order valence-corrected chi connectivity index (χ1v) is 5.05. The quantitative estimate of drug-likeness (QED) is 0.284. The molecule has 0 amide bonds. The van der Waals surface area contributed by atoms with Crippen LogP contribution in [0.1, 0.15) is 0 Å². The summed E-state index contributed by atoms with van der Waals surface area (Å²) in [5.74, 6) is 0. The van der Waals surface area contributed by atoms with Crippen molar-refractivity contribution in [2.45, 2.75) is 0 Å². The molecule has 0 saturated carbocycles. The van der Waals surface area contributed by atoms with Crippen LogP contribution in [-0.4, -0.2) is 5.11 Å². The third-order valence-corrected chi connectivity index (χ3v) is 1.80. The summed E-state index contributed by atoms with van der Waals surface area (Å²) < 4.78 is 21.2. The van der Waals surface area contributed by atoms with Crippen LogP contribution in [-0.2, 0) is 13.4 Å². The number of hydrogen-bond acceptors (Lipinski definition) is 8. The Labute approximate surface area is 263 Å². The van der Waals surface area contributed by atoms with E-state index in [4.69, 9.17) is 5.11 Å². The molecule has 0 aromatic heterocycles. The minimum Gasteiger partial charge on any atom is -0.790 e. The fraction of sp³-hybridized carbons (Fsp3) is 0. The molecule has 8 nitrogen and oxygen atoms in total. The fourth-order valence-electron chi connectivity index (χ4n) is 0.122. The van der Waals surface area contributed by atoms with Gasteiger partial charge in [0.1, 0.15) is 0 Å². The minimum atomic E-state index is -5.68. The van der Waals surface area contributed by atoms with Crippen molar-refractivity contribution < 1.29 is 244 Å². The Kier molecular flexibility index (Phi) is 50.8. The van der Waals surface area contributed by atoms with Gasteiger partial charge in [0.05, 0.1) is 21.9 Å². The molecule has 0 heterocycles. The number of rotatable bonds is 2. The van der Waals surface area contributed by atoms with Crippen LogP contribution >= 0.6 is 15.6 Å². The summed E-state index contributed by atoms with van der Waals surface area (Å²) in [7, 11) is -11.4. The second-order valence-corrected chi connectivity index (χ2v) is 3.60. The van der Waals surface area contributed by atoms with Gasteiger partial charge in [-0.05, 0) is 0 Å². The van der Waals surface area contributed by atoms with E-state index >= 15 is 0 Å². The van der Waals surface area contributed by atoms with Crippen LogP contribution in [0, 0.1) is 0 Å². The average Bonchev–Trinajstić information content (AvgIpc) is 1.53. The molecule has 0 saturated heterocycles. The van der Waals surface area contributed by atoms with Gasteiger partial charge in [-0.15, -0.1) is 0 Å². The van der Waals surface area contributed by atoms with E-state index < -0.39 is 15.6 Å². The summed E-state index contributed by atoms with van der Waals surface area (Å²) in [6.45, 7) is 2.92. The standard InChI is InChI=1S/C2H4O.4K.H4O7P2/c1-2-3;;;;;1-8(2,3)7-9(4,5)6/h2-3H,1H2;;;;;(H2,1,2,3)(H2,4,5,6)/q;4*+1;/p-4. The van der Waals surface area contributed by atoms with E-state index in [1.807, 2.05) is 0 Å². The molecule has 0 radical (unpaired) electrons. The van der Waals surface area contributed by atoms with Crippen LogP contribution in [0.25, 0.3) is 0 Å². The van der Waals surface area contributed by atoms with Gasteiger partial charge < -0.3 is 38.1 Å². The van der Waals surface area contributed by atoms with E-state index in [9.17, 15) is 28.7 Å². The van der Waals surface area contributed by atoms with Crippen molar-refractivity contribution in [3.8, 4) is 0 Å². The van der Waals surface area contributed by atoms with Crippen LogP contribution < -0.4 is 225 Å². The van der Waals surface area contributed by atoms with Gasteiger partial charge in [0.25, 0.3) is 0 Å². The average molecular weight is 374 g/mol. The molecular weight excluding hydrogens is 370 g/mol. The van der Waals surface area contributed by atoms with Crippen LogP contribution in [0.5, 0.6) is 0 Å². The molecule has 0 aliphatic heterocycles. The zero-order valence-corrected chi connectivity index (χ0v) is 23.8. The molecule has 0 aliphatic carbocycles. The van der Waals surface area contributed by atoms with E-state index in [1.165, 1.54) is 0 Å². The summed E-state index contributed by atoms with van der Waals surface area (Å²) >= 11 is 0. The molecule has 14 heteroatoms. The van der Waals surface area contributed by atoms with Crippen molar-refractivity contribution in [1.29, 1.82) is 0 Å². The molecule has 0 aromatic carbocycles. The first kappa shape index (κ1) is 38.1. The number of phosphoric acid groups is 2. The van der Waals surface area contributed by atoms with Gasteiger partial charge in [0.15, 0.2) is 0 Å². The Balaban J connectivity index is -0.0000000324. The van der Waals surface area contributed by atoms with Gasteiger partial charge in [-0.3, -0.25) is 0 Å². The predicted molar refractivity (Wildman–Crippen MR) is 29.1 cm³/mol. The van der Waals surface area contributed by atoms with Crippen LogP contribution in [0.3, 0.4) is 0 Å². The van der Waals surface area contributed by atoms with E-state index in [0.717, 1.165) is 6.26 Å². The summed E-state index contributed by atoms with van der Waals surface area (Å²) in [6, 6.07) is 0. The Hall–Kier alpha value is 6.35. The molecule has 74 valence electrons. The third-order valence-electron chi connectivity index (χ3n) is 0.200. The van der Waals surface area contributed by atoms with Crippen LogP contribution in [0.15, 0.2) is 12.8 Å². The third kappa shape index (κ3) is 50.0. The molecule has 0 bridgehead atoms. The maximum absolute atomic E-state index is 9.32. The topological polar surface area (TPSA) is 156 Å². The second-order valence-electron chi connectivity index (χ2n) is 1.16. The largest absolute Gasteiger partial charge is 1.00 e. The summed E-state index contributed by atoms with van der Waals surface area (Å²) in [5.41, 5.74) is 0. The zero-order valence-electron chi connectivity index (χ0n) is 9.48. The van der Waals surface area contributed by atoms with Crippen molar-refractivity contribution in [2.24, 2.45) is 0 Å². The summed E-state index contributed by atoms with van der Waals surface area (Å²) in [4.78, 5) is 37.3. The molecule has 0 aliphatic rings. The number of aliphatic hydroxyl groups is 1. The van der Waals surface area contributed by atoms with Crippen LogP contribution in [0.4, 0.5) is 0 Å². The van der Waals surface area contributed by atoms with Gasteiger partial charge >= 0.3 is 206 Å². The monoisotopic (exact) mass is 374 g/mol. The Morgan fingerprint density at radius 3 is 1.06 bits per heavy atom. The van der Waals surface area contributed by atoms with Crippen LogP contribution in [0.2, 0.25) is 0 Å². The van der Waals surface area contributed by atoms with Gasteiger partial charge in [-0.1, -0.05) is 6.58 Å². The molecule has 0 fully saturated rings. The van der Waals surface area contributed by atoms with Crippen molar-refractivity contribution in [3.05, 3.63) is 12.8 Å². The number of aliphatic hydroxyl groups excluding tert-OH is 1. The normalized spacial score (nSPS) is 8.50. The fourth-order valence-corrected chi connectivity index (χ4v) is 1.10. The molecule has 0 aromatic rings. The number of hydrogen-bond donors (Lipinski definition) is 1. The summed E-state index contributed by atoms with van der Waals surface area (Å²) in [6.07, 6.45) is 0.750. The SMILES string of the molecule is C=CO.O=P([O-])([O-])OP(=O)([O-])[O-].[K+].[K+].[K+].[K+]. The van der Waals surface area contributed by atoms with Crippen molar-refractivity contribution in [1.82, 2.24) is 0 Å². The molecule has 1 N–H and O–H groups in total.